The summed E-state index contributed by atoms with van der Waals surface area (Å²) >= 11 is 0. The smallest absolute Gasteiger partial charge is 0.161 e. The Bertz CT molecular complexity index is 772. The third kappa shape index (κ3) is 7.38. The zero-order valence-electron chi connectivity index (χ0n) is 15.8. The van der Waals surface area contributed by atoms with Crippen molar-refractivity contribution in [1.29, 1.82) is 0 Å². The molecule has 3 rings (SSSR count). The van der Waals surface area contributed by atoms with Gasteiger partial charge in [-0.15, -0.1) is 0 Å². The van der Waals surface area contributed by atoms with Crippen molar-refractivity contribution in [3.8, 4) is 11.5 Å². The van der Waals surface area contributed by atoms with E-state index in [9.17, 15) is 5.11 Å². The van der Waals surface area contributed by atoms with Gasteiger partial charge in [0.15, 0.2) is 11.5 Å². The van der Waals surface area contributed by atoms with Gasteiger partial charge in [0.2, 0.25) is 0 Å². The number of ether oxygens (including phenoxy) is 2. The Morgan fingerprint density at radius 2 is 1.37 bits per heavy atom. The van der Waals surface area contributed by atoms with Crippen LogP contribution >= 0.6 is 0 Å². The molecule has 0 unspecified atom stereocenters. The van der Waals surface area contributed by atoms with Crippen molar-refractivity contribution >= 4 is 6.08 Å². The number of phenols is 1. The lowest BCUT2D eigenvalue weighted by molar-refractivity contribution is 0.107. The summed E-state index contributed by atoms with van der Waals surface area (Å²) in [6, 6.07) is 25.7. The maximum absolute atomic E-state index is 9.25. The topological polar surface area (TPSA) is 38.7 Å². The molecule has 0 spiro atoms. The van der Waals surface area contributed by atoms with Crippen molar-refractivity contribution in [2.45, 2.75) is 20.1 Å². The molecule has 3 aromatic rings. The van der Waals surface area contributed by atoms with Crippen LogP contribution in [0.25, 0.3) is 6.08 Å². The first-order chi connectivity index (χ1) is 13.2. The second-order valence-corrected chi connectivity index (χ2v) is 5.90. The second-order valence-electron chi connectivity index (χ2n) is 5.90. The van der Waals surface area contributed by atoms with Gasteiger partial charge in [0.05, 0.1) is 20.3 Å². The molecule has 0 aliphatic heterocycles. The zero-order chi connectivity index (χ0) is 19.3. The van der Waals surface area contributed by atoms with Crippen molar-refractivity contribution in [1.82, 2.24) is 0 Å². The fourth-order valence-corrected chi connectivity index (χ4v) is 2.43. The average Bonchev–Trinajstić information content (AvgIpc) is 2.72. The van der Waals surface area contributed by atoms with Crippen LogP contribution in [-0.4, -0.2) is 12.2 Å². The minimum atomic E-state index is 0.172. The minimum absolute atomic E-state index is 0.172. The SMILES string of the molecule is C/C=C/c1ccc(O)c(OC)c1.c1ccc(COCc2ccccc2)cc1. The van der Waals surface area contributed by atoms with Crippen molar-refractivity contribution < 1.29 is 14.6 Å². The molecule has 0 heterocycles. The predicted molar refractivity (Wildman–Crippen MR) is 111 cm³/mol. The third-order valence-corrected chi connectivity index (χ3v) is 3.79. The van der Waals surface area contributed by atoms with Gasteiger partial charge in [0, 0.05) is 0 Å². The van der Waals surface area contributed by atoms with Gasteiger partial charge in [-0.25, -0.2) is 0 Å². The number of phenolic OH excluding ortho intramolecular Hbond substituents is 1. The van der Waals surface area contributed by atoms with E-state index in [1.165, 1.54) is 18.2 Å². The van der Waals surface area contributed by atoms with Crippen LogP contribution in [-0.2, 0) is 18.0 Å². The normalized spacial score (nSPS) is 10.3. The standard InChI is InChI=1S/C14H14O.C10H12O2/c1-3-7-13(8-4-1)11-15-12-14-9-5-2-6-10-14;1-3-4-8-5-6-9(11)10(7-8)12-2/h1-10H,11-12H2;3-7,11H,1-2H3/b;4-3+. The summed E-state index contributed by atoms with van der Waals surface area (Å²) in [7, 11) is 1.54. The highest BCUT2D eigenvalue weighted by molar-refractivity contribution is 5.55. The maximum atomic E-state index is 9.25. The molecule has 0 saturated heterocycles. The van der Waals surface area contributed by atoms with Gasteiger partial charge in [-0.05, 0) is 35.7 Å². The lowest BCUT2D eigenvalue weighted by Gasteiger charge is -2.03. The molecule has 0 aromatic heterocycles. The molecule has 3 heteroatoms. The summed E-state index contributed by atoms with van der Waals surface area (Å²) in [5.41, 5.74) is 3.45. The highest BCUT2D eigenvalue weighted by Crippen LogP contribution is 2.26. The van der Waals surface area contributed by atoms with E-state index in [0.717, 1.165) is 5.56 Å². The van der Waals surface area contributed by atoms with Crippen LogP contribution in [0.5, 0.6) is 11.5 Å². The third-order valence-electron chi connectivity index (χ3n) is 3.79. The Kier molecular flexibility index (Phi) is 8.67. The Labute approximate surface area is 161 Å². The van der Waals surface area contributed by atoms with Crippen LogP contribution in [0.1, 0.15) is 23.6 Å². The van der Waals surface area contributed by atoms with Crippen LogP contribution < -0.4 is 4.74 Å². The first-order valence-electron chi connectivity index (χ1n) is 8.88. The quantitative estimate of drug-likeness (QED) is 0.599. The molecular formula is C24H26O3. The molecule has 3 nitrogen and oxygen atoms in total. The summed E-state index contributed by atoms with van der Waals surface area (Å²) in [5, 5.41) is 9.25. The van der Waals surface area contributed by atoms with Gasteiger partial charge in [-0.1, -0.05) is 78.9 Å². The van der Waals surface area contributed by atoms with Gasteiger partial charge >= 0.3 is 0 Å². The van der Waals surface area contributed by atoms with E-state index in [4.69, 9.17) is 9.47 Å². The molecule has 0 saturated carbocycles. The monoisotopic (exact) mass is 362 g/mol. The lowest BCUT2D eigenvalue weighted by atomic mass is 10.2. The Morgan fingerprint density at radius 1 is 0.815 bits per heavy atom. The number of aromatic hydroxyl groups is 1. The van der Waals surface area contributed by atoms with Gasteiger partial charge in [-0.3, -0.25) is 0 Å². The molecule has 3 aromatic carbocycles. The Balaban J connectivity index is 0.000000199. The van der Waals surface area contributed by atoms with Crippen molar-refractivity contribution in [2.75, 3.05) is 7.11 Å². The number of hydrogen-bond donors (Lipinski definition) is 1. The number of methoxy groups -OCH3 is 1. The average molecular weight is 362 g/mol. The highest BCUT2D eigenvalue weighted by atomic mass is 16.5. The summed E-state index contributed by atoms with van der Waals surface area (Å²) in [4.78, 5) is 0. The highest BCUT2D eigenvalue weighted by Gasteiger charge is 1.99. The molecule has 0 aliphatic carbocycles. The van der Waals surface area contributed by atoms with Crippen molar-refractivity contribution in [3.05, 3.63) is 102 Å². The van der Waals surface area contributed by atoms with Gasteiger partial charge in [0.1, 0.15) is 0 Å². The van der Waals surface area contributed by atoms with E-state index < -0.39 is 0 Å². The van der Waals surface area contributed by atoms with E-state index in [-0.39, 0.29) is 5.75 Å². The molecule has 0 aliphatic rings. The van der Waals surface area contributed by atoms with E-state index in [0.29, 0.717) is 19.0 Å². The van der Waals surface area contributed by atoms with Gasteiger partial charge in [-0.2, -0.15) is 0 Å². The first-order valence-corrected chi connectivity index (χ1v) is 8.88. The van der Waals surface area contributed by atoms with Crippen LogP contribution in [0.4, 0.5) is 0 Å². The predicted octanol–water partition coefficient (Wildman–Crippen LogP) is 5.84. The van der Waals surface area contributed by atoms with Crippen LogP contribution in [0.2, 0.25) is 0 Å². The van der Waals surface area contributed by atoms with Gasteiger partial charge in [0.25, 0.3) is 0 Å². The molecular weight excluding hydrogens is 336 g/mol. The molecule has 0 bridgehead atoms. The summed E-state index contributed by atoms with van der Waals surface area (Å²) in [5.74, 6) is 0.677. The van der Waals surface area contributed by atoms with E-state index >= 15 is 0 Å². The fraction of sp³-hybridized carbons (Fsp3) is 0.167. The molecule has 140 valence electrons. The Hall–Kier alpha value is -3.04. The van der Waals surface area contributed by atoms with Gasteiger partial charge < -0.3 is 14.6 Å². The number of benzene rings is 3. The van der Waals surface area contributed by atoms with E-state index in [1.54, 1.807) is 12.1 Å². The molecule has 1 N–H and O–H groups in total. The van der Waals surface area contributed by atoms with Crippen LogP contribution in [0, 0.1) is 0 Å². The Morgan fingerprint density at radius 3 is 1.85 bits per heavy atom. The largest absolute Gasteiger partial charge is 0.504 e. The number of hydrogen-bond acceptors (Lipinski definition) is 3. The first kappa shape index (κ1) is 20.3. The molecule has 0 radical (unpaired) electrons. The fourth-order valence-electron chi connectivity index (χ4n) is 2.43. The molecule has 0 atom stereocenters. The molecule has 0 fully saturated rings. The molecule has 0 amide bonds. The van der Waals surface area contributed by atoms with Crippen molar-refractivity contribution in [2.24, 2.45) is 0 Å². The number of rotatable bonds is 6. The van der Waals surface area contributed by atoms with Crippen LogP contribution in [0.15, 0.2) is 84.9 Å². The van der Waals surface area contributed by atoms with E-state index in [2.05, 4.69) is 24.3 Å². The van der Waals surface area contributed by atoms with Crippen LogP contribution in [0.3, 0.4) is 0 Å². The zero-order valence-corrected chi connectivity index (χ0v) is 15.8. The lowest BCUT2D eigenvalue weighted by Crippen LogP contribution is -1.93. The van der Waals surface area contributed by atoms with E-state index in [1.807, 2.05) is 61.5 Å². The summed E-state index contributed by atoms with van der Waals surface area (Å²) in [6.45, 7) is 3.30. The van der Waals surface area contributed by atoms with Crippen molar-refractivity contribution in [3.63, 3.8) is 0 Å². The minimum Gasteiger partial charge on any atom is -0.504 e. The summed E-state index contributed by atoms with van der Waals surface area (Å²) < 4.78 is 10.6. The number of allylic oxidation sites excluding steroid dienone is 1. The second kappa shape index (κ2) is 11.6. The summed E-state index contributed by atoms with van der Waals surface area (Å²) in [6.07, 6.45) is 3.88. The molecule has 27 heavy (non-hydrogen) atoms. The maximum Gasteiger partial charge on any atom is 0.161 e.